The van der Waals surface area contributed by atoms with Gasteiger partial charge in [-0.25, -0.2) is 19.6 Å². The summed E-state index contributed by atoms with van der Waals surface area (Å²) in [4.78, 5) is 36.2. The van der Waals surface area contributed by atoms with Crippen molar-refractivity contribution < 1.29 is 24.2 Å². The van der Waals surface area contributed by atoms with Gasteiger partial charge in [-0.15, -0.1) is 0 Å². The number of likely N-dealkylation sites (tertiary alicyclic amines) is 1. The van der Waals surface area contributed by atoms with E-state index in [9.17, 15) is 14.7 Å². The summed E-state index contributed by atoms with van der Waals surface area (Å²) >= 11 is 0. The summed E-state index contributed by atoms with van der Waals surface area (Å²) in [5, 5.41) is 9.41. The van der Waals surface area contributed by atoms with Crippen molar-refractivity contribution in [2.75, 3.05) is 31.1 Å². The number of anilines is 1. The first-order chi connectivity index (χ1) is 15.2. The van der Waals surface area contributed by atoms with Gasteiger partial charge < -0.3 is 24.4 Å². The largest absolute Gasteiger partial charge is 0.478 e. The number of carbonyl (C=O) groups excluding carboxylic acids is 1. The van der Waals surface area contributed by atoms with Gasteiger partial charge in [-0.1, -0.05) is 12.1 Å². The van der Waals surface area contributed by atoms with Crippen LogP contribution in [0.1, 0.15) is 44.0 Å². The smallest absolute Gasteiger partial charge is 0.410 e. The van der Waals surface area contributed by atoms with E-state index >= 15 is 0 Å². The first-order valence-electron chi connectivity index (χ1n) is 10.7. The van der Waals surface area contributed by atoms with E-state index in [0.29, 0.717) is 24.7 Å². The van der Waals surface area contributed by atoms with Crippen molar-refractivity contribution in [2.24, 2.45) is 5.41 Å². The summed E-state index contributed by atoms with van der Waals surface area (Å²) in [5.41, 5.74) is -0.293. The second-order valence-electron chi connectivity index (χ2n) is 9.44. The Morgan fingerprint density at radius 1 is 1.09 bits per heavy atom. The summed E-state index contributed by atoms with van der Waals surface area (Å²) in [5.74, 6) is 0.248. The lowest BCUT2D eigenvalue weighted by molar-refractivity contribution is 0.00586. The van der Waals surface area contributed by atoms with Gasteiger partial charge in [0.1, 0.15) is 23.2 Å². The van der Waals surface area contributed by atoms with Crippen LogP contribution >= 0.6 is 0 Å². The average Bonchev–Trinajstić information content (AvgIpc) is 2.72. The summed E-state index contributed by atoms with van der Waals surface area (Å²) < 4.78 is 11.4. The van der Waals surface area contributed by atoms with Gasteiger partial charge in [0.2, 0.25) is 0 Å². The number of carboxylic acid groups (broad SMARTS) is 1. The molecule has 2 aliphatic heterocycles. The molecule has 1 amide bonds. The van der Waals surface area contributed by atoms with Gasteiger partial charge >= 0.3 is 12.1 Å². The maximum atomic E-state index is 12.3. The number of benzene rings is 1. The molecule has 2 aromatic rings. The van der Waals surface area contributed by atoms with Crippen LogP contribution in [0.4, 0.5) is 10.6 Å². The van der Waals surface area contributed by atoms with Crippen molar-refractivity contribution in [3.8, 4) is 11.5 Å². The Hall–Kier alpha value is -3.36. The Morgan fingerprint density at radius 2 is 1.78 bits per heavy atom. The molecule has 9 nitrogen and oxygen atoms in total. The quantitative estimate of drug-likeness (QED) is 0.765. The number of carboxylic acids is 1. The maximum absolute atomic E-state index is 12.3. The third kappa shape index (κ3) is 4.61. The van der Waals surface area contributed by atoms with Crippen LogP contribution in [0.25, 0.3) is 0 Å². The van der Waals surface area contributed by atoms with Gasteiger partial charge in [0.15, 0.2) is 11.6 Å². The predicted molar refractivity (Wildman–Crippen MR) is 117 cm³/mol. The summed E-state index contributed by atoms with van der Waals surface area (Å²) in [6.07, 6.45) is 4.54. The molecule has 2 saturated heterocycles. The molecule has 1 spiro atoms. The van der Waals surface area contributed by atoms with Crippen LogP contribution in [-0.2, 0) is 4.74 Å². The lowest BCUT2D eigenvalue weighted by Crippen LogP contribution is -2.61. The lowest BCUT2D eigenvalue weighted by Gasteiger charge is -2.54. The summed E-state index contributed by atoms with van der Waals surface area (Å²) in [6.45, 7) is 8.54. The van der Waals surface area contributed by atoms with Gasteiger partial charge in [-0.3, -0.25) is 0 Å². The zero-order valence-electron chi connectivity index (χ0n) is 18.6. The van der Waals surface area contributed by atoms with E-state index in [1.54, 1.807) is 29.3 Å². The molecule has 1 N–H and O–H groups in total. The second-order valence-corrected chi connectivity index (χ2v) is 9.44. The Labute approximate surface area is 187 Å². The number of ether oxygens (including phenoxy) is 2. The Morgan fingerprint density at radius 3 is 2.44 bits per heavy atom. The zero-order chi connectivity index (χ0) is 22.9. The number of aromatic nitrogens is 2. The van der Waals surface area contributed by atoms with Crippen molar-refractivity contribution in [1.29, 1.82) is 0 Å². The fraction of sp³-hybridized carbons (Fsp3) is 0.478. The highest BCUT2D eigenvalue weighted by Gasteiger charge is 2.47. The van der Waals surface area contributed by atoms with E-state index < -0.39 is 11.6 Å². The number of para-hydroxylation sites is 1. The lowest BCUT2D eigenvalue weighted by atomic mass is 9.72. The predicted octanol–water partition coefficient (Wildman–Crippen LogP) is 3.80. The molecule has 9 heteroatoms. The Bertz CT molecular complexity index is 1000. The molecule has 2 aliphatic rings. The van der Waals surface area contributed by atoms with Crippen LogP contribution in [0.15, 0.2) is 36.8 Å². The van der Waals surface area contributed by atoms with Crippen LogP contribution in [0, 0.1) is 5.41 Å². The van der Waals surface area contributed by atoms with E-state index in [0.717, 1.165) is 25.9 Å². The van der Waals surface area contributed by atoms with Gasteiger partial charge in [0, 0.05) is 31.6 Å². The minimum Gasteiger partial charge on any atom is -0.478 e. The van der Waals surface area contributed by atoms with Crippen LogP contribution in [0.5, 0.6) is 11.5 Å². The van der Waals surface area contributed by atoms with Gasteiger partial charge in [0.05, 0.1) is 6.20 Å². The number of piperidine rings is 1. The van der Waals surface area contributed by atoms with Crippen LogP contribution in [0.3, 0.4) is 0 Å². The first kappa shape index (κ1) is 21.9. The first-order valence-corrected chi connectivity index (χ1v) is 10.7. The average molecular weight is 441 g/mol. The molecule has 0 atom stereocenters. The van der Waals surface area contributed by atoms with Crippen molar-refractivity contribution in [3.05, 3.63) is 42.4 Å². The molecule has 2 fully saturated rings. The molecule has 1 aromatic heterocycles. The number of hydrogen-bond acceptors (Lipinski definition) is 7. The molecule has 0 saturated carbocycles. The Kier molecular flexibility index (Phi) is 5.66. The van der Waals surface area contributed by atoms with E-state index in [4.69, 9.17) is 9.47 Å². The minimum absolute atomic E-state index is 0.0805. The second kappa shape index (κ2) is 8.29. The van der Waals surface area contributed by atoms with E-state index in [-0.39, 0.29) is 22.8 Å². The number of rotatable bonds is 4. The van der Waals surface area contributed by atoms with Gasteiger partial charge in [-0.05, 0) is 45.7 Å². The van der Waals surface area contributed by atoms with E-state index in [1.165, 1.54) is 12.4 Å². The normalized spacial score (nSPS) is 17.6. The summed E-state index contributed by atoms with van der Waals surface area (Å²) in [7, 11) is 0. The molecule has 3 heterocycles. The molecule has 1 aromatic carbocycles. The highest BCUT2D eigenvalue weighted by Crippen LogP contribution is 2.45. The maximum Gasteiger partial charge on any atom is 0.410 e. The molecule has 4 rings (SSSR count). The molecule has 0 aliphatic carbocycles. The molecule has 0 radical (unpaired) electrons. The number of carbonyl (C=O) groups is 2. The third-order valence-electron chi connectivity index (χ3n) is 5.82. The molecule has 170 valence electrons. The van der Waals surface area contributed by atoms with Crippen LogP contribution in [0.2, 0.25) is 0 Å². The minimum atomic E-state index is -1.06. The number of aromatic carboxylic acids is 1. The standard InChI is InChI=1S/C23H28N4O5/c1-22(2,3)32-21(30)26-10-8-23(9-11-26)13-27(14-23)19-18(12-24-15-25-19)31-17-7-5-4-6-16(17)20(28)29/h4-7,12,15H,8-11,13-14H2,1-3H3,(H,28,29). The number of hydrogen-bond donors (Lipinski definition) is 1. The fourth-order valence-electron chi connectivity index (χ4n) is 4.19. The van der Waals surface area contributed by atoms with Gasteiger partial charge in [0.25, 0.3) is 0 Å². The van der Waals surface area contributed by atoms with E-state index in [2.05, 4.69) is 14.9 Å². The molecular formula is C23H28N4O5. The molecular weight excluding hydrogens is 412 g/mol. The monoisotopic (exact) mass is 440 g/mol. The highest BCUT2D eigenvalue weighted by molar-refractivity contribution is 5.91. The molecule has 0 unspecified atom stereocenters. The Balaban J connectivity index is 1.40. The van der Waals surface area contributed by atoms with Gasteiger partial charge in [-0.2, -0.15) is 0 Å². The summed E-state index contributed by atoms with van der Waals surface area (Å²) in [6, 6.07) is 6.49. The van der Waals surface area contributed by atoms with Crippen LogP contribution in [-0.4, -0.2) is 63.8 Å². The van der Waals surface area contributed by atoms with Crippen molar-refractivity contribution in [2.45, 2.75) is 39.2 Å². The van der Waals surface area contributed by atoms with Crippen molar-refractivity contribution in [1.82, 2.24) is 14.9 Å². The number of nitrogens with zero attached hydrogens (tertiary/aromatic N) is 4. The van der Waals surface area contributed by atoms with Crippen LogP contribution < -0.4 is 9.64 Å². The van der Waals surface area contributed by atoms with Crippen molar-refractivity contribution in [3.63, 3.8) is 0 Å². The van der Waals surface area contributed by atoms with Crippen molar-refractivity contribution >= 4 is 17.9 Å². The zero-order valence-corrected chi connectivity index (χ0v) is 18.6. The number of amides is 1. The third-order valence-corrected chi connectivity index (χ3v) is 5.82. The topological polar surface area (TPSA) is 105 Å². The molecule has 0 bridgehead atoms. The molecule has 32 heavy (non-hydrogen) atoms. The van der Waals surface area contributed by atoms with E-state index in [1.807, 2.05) is 20.8 Å². The SMILES string of the molecule is CC(C)(C)OC(=O)N1CCC2(CC1)CN(c1ncncc1Oc1ccccc1C(=O)O)C2. The highest BCUT2D eigenvalue weighted by atomic mass is 16.6. The fourth-order valence-corrected chi connectivity index (χ4v) is 4.19.